The van der Waals surface area contributed by atoms with Crippen LogP contribution >= 0.6 is 0 Å². The van der Waals surface area contributed by atoms with Gasteiger partial charge in [0.1, 0.15) is 0 Å². The van der Waals surface area contributed by atoms with E-state index in [2.05, 4.69) is 5.10 Å². The number of aromatic nitrogens is 2. The molecule has 0 bridgehead atoms. The van der Waals surface area contributed by atoms with Crippen molar-refractivity contribution in [2.45, 2.75) is 13.3 Å². The minimum Gasteiger partial charge on any atom is -0.330 e. The first-order valence-corrected chi connectivity index (χ1v) is 6.69. The van der Waals surface area contributed by atoms with Gasteiger partial charge < -0.3 is 10.6 Å². The number of nitrogens with zero attached hydrogens (tertiary/aromatic N) is 3. The lowest BCUT2D eigenvalue weighted by Gasteiger charge is -2.22. The van der Waals surface area contributed by atoms with Crippen LogP contribution in [-0.4, -0.2) is 28.8 Å². The van der Waals surface area contributed by atoms with Crippen LogP contribution in [0.5, 0.6) is 0 Å². The number of anilines is 1. The van der Waals surface area contributed by atoms with Gasteiger partial charge in [-0.3, -0.25) is 9.48 Å². The average Bonchev–Trinajstić information content (AvgIpc) is 2.86. The fourth-order valence-corrected chi connectivity index (χ4v) is 2.08. The summed E-state index contributed by atoms with van der Waals surface area (Å²) in [5.41, 5.74) is 8.18. The summed E-state index contributed by atoms with van der Waals surface area (Å²) in [4.78, 5) is 14.4. The molecule has 1 aromatic carbocycles. The lowest BCUT2D eigenvalue weighted by atomic mass is 10.2. The van der Waals surface area contributed by atoms with Gasteiger partial charge in [0, 0.05) is 25.5 Å². The number of aryl methyl sites for hydroxylation is 2. The predicted octanol–water partition coefficient (Wildman–Crippen LogP) is 1.72. The number of amides is 1. The van der Waals surface area contributed by atoms with E-state index in [1.165, 1.54) is 0 Å². The van der Waals surface area contributed by atoms with E-state index in [1.807, 2.05) is 31.2 Å². The van der Waals surface area contributed by atoms with Crippen LogP contribution in [0.25, 0.3) is 0 Å². The monoisotopic (exact) mass is 272 g/mol. The van der Waals surface area contributed by atoms with Crippen LogP contribution in [0.1, 0.15) is 22.3 Å². The molecule has 2 rings (SSSR count). The molecule has 5 heteroatoms. The van der Waals surface area contributed by atoms with Gasteiger partial charge in [-0.1, -0.05) is 12.1 Å². The maximum absolute atomic E-state index is 12.6. The largest absolute Gasteiger partial charge is 0.330 e. The van der Waals surface area contributed by atoms with Crippen molar-refractivity contribution in [3.63, 3.8) is 0 Å². The molecular formula is C15H20N4O. The second-order valence-electron chi connectivity index (χ2n) is 4.84. The molecule has 0 spiro atoms. The highest BCUT2D eigenvalue weighted by Gasteiger charge is 2.18. The van der Waals surface area contributed by atoms with Gasteiger partial charge in [0.2, 0.25) is 0 Å². The third-order valence-electron chi connectivity index (χ3n) is 3.10. The maximum atomic E-state index is 12.6. The number of hydrogen-bond acceptors (Lipinski definition) is 3. The van der Waals surface area contributed by atoms with Crippen molar-refractivity contribution in [1.29, 1.82) is 0 Å². The van der Waals surface area contributed by atoms with Crippen molar-refractivity contribution in [3.05, 3.63) is 47.8 Å². The van der Waals surface area contributed by atoms with E-state index in [4.69, 9.17) is 5.73 Å². The second-order valence-corrected chi connectivity index (χ2v) is 4.84. The molecule has 0 saturated heterocycles. The fourth-order valence-electron chi connectivity index (χ4n) is 2.08. The molecule has 0 atom stereocenters. The van der Waals surface area contributed by atoms with Gasteiger partial charge in [-0.2, -0.15) is 5.10 Å². The van der Waals surface area contributed by atoms with Crippen molar-refractivity contribution in [1.82, 2.24) is 9.78 Å². The van der Waals surface area contributed by atoms with Crippen molar-refractivity contribution in [2.75, 3.05) is 18.0 Å². The third-order valence-corrected chi connectivity index (χ3v) is 3.10. The zero-order valence-corrected chi connectivity index (χ0v) is 11.9. The van der Waals surface area contributed by atoms with E-state index < -0.39 is 0 Å². The molecule has 106 valence electrons. The topological polar surface area (TPSA) is 64.2 Å². The molecule has 0 radical (unpaired) electrons. The van der Waals surface area contributed by atoms with E-state index in [0.29, 0.717) is 18.7 Å². The average molecular weight is 272 g/mol. The normalized spacial score (nSPS) is 10.6. The molecule has 0 aliphatic rings. The van der Waals surface area contributed by atoms with Gasteiger partial charge >= 0.3 is 0 Å². The second kappa shape index (κ2) is 6.34. The first-order valence-electron chi connectivity index (χ1n) is 6.69. The zero-order valence-electron chi connectivity index (χ0n) is 11.9. The summed E-state index contributed by atoms with van der Waals surface area (Å²) in [7, 11) is 1.80. The number of carbonyl (C=O) groups excluding carboxylic acids is 1. The molecule has 0 aliphatic heterocycles. The summed E-state index contributed by atoms with van der Waals surface area (Å²) >= 11 is 0. The van der Waals surface area contributed by atoms with E-state index in [-0.39, 0.29) is 5.91 Å². The highest BCUT2D eigenvalue weighted by Crippen LogP contribution is 2.19. The van der Waals surface area contributed by atoms with Gasteiger partial charge in [-0.25, -0.2) is 0 Å². The standard InChI is InChI=1S/C15H20N4O/c1-12-5-3-6-14(9-12)19(8-4-7-16)15(20)13-10-17-18(2)11-13/h3,5-6,9-11H,4,7-8,16H2,1-2H3. The number of carbonyl (C=O) groups is 1. The summed E-state index contributed by atoms with van der Waals surface area (Å²) in [6.07, 6.45) is 4.08. The van der Waals surface area contributed by atoms with Crippen LogP contribution < -0.4 is 10.6 Å². The summed E-state index contributed by atoms with van der Waals surface area (Å²) in [6, 6.07) is 7.92. The molecule has 20 heavy (non-hydrogen) atoms. The van der Waals surface area contributed by atoms with Gasteiger partial charge in [0.25, 0.3) is 5.91 Å². The van der Waals surface area contributed by atoms with Gasteiger partial charge in [-0.05, 0) is 37.6 Å². The lowest BCUT2D eigenvalue weighted by Crippen LogP contribution is -2.32. The maximum Gasteiger partial charge on any atom is 0.261 e. The summed E-state index contributed by atoms with van der Waals surface area (Å²) in [6.45, 7) is 3.18. The molecule has 1 amide bonds. The fraction of sp³-hybridized carbons (Fsp3) is 0.333. The molecule has 1 heterocycles. The van der Waals surface area contributed by atoms with Crippen LogP contribution in [0.3, 0.4) is 0 Å². The summed E-state index contributed by atoms with van der Waals surface area (Å²) in [5, 5.41) is 4.06. The van der Waals surface area contributed by atoms with Crippen molar-refractivity contribution < 1.29 is 4.79 Å². The molecule has 5 nitrogen and oxygen atoms in total. The predicted molar refractivity (Wildman–Crippen MR) is 79.7 cm³/mol. The summed E-state index contributed by atoms with van der Waals surface area (Å²) in [5.74, 6) is -0.0443. The Morgan fingerprint density at radius 1 is 1.45 bits per heavy atom. The van der Waals surface area contributed by atoms with Crippen molar-refractivity contribution in [2.24, 2.45) is 12.8 Å². The highest BCUT2D eigenvalue weighted by atomic mass is 16.2. The van der Waals surface area contributed by atoms with Gasteiger partial charge in [0.15, 0.2) is 0 Å². The quantitative estimate of drug-likeness (QED) is 0.901. The van der Waals surface area contributed by atoms with Gasteiger partial charge in [0.05, 0.1) is 11.8 Å². The van der Waals surface area contributed by atoms with E-state index >= 15 is 0 Å². The Hall–Kier alpha value is -2.14. The number of nitrogens with two attached hydrogens (primary N) is 1. The van der Waals surface area contributed by atoms with Crippen molar-refractivity contribution >= 4 is 11.6 Å². The molecule has 0 unspecified atom stereocenters. The lowest BCUT2D eigenvalue weighted by molar-refractivity contribution is 0.0986. The molecule has 2 N–H and O–H groups in total. The zero-order chi connectivity index (χ0) is 14.5. The molecule has 0 saturated carbocycles. The number of hydrogen-bond donors (Lipinski definition) is 1. The third kappa shape index (κ3) is 3.24. The first-order chi connectivity index (χ1) is 9.61. The smallest absolute Gasteiger partial charge is 0.261 e. The highest BCUT2D eigenvalue weighted by molar-refractivity contribution is 6.05. The Bertz CT molecular complexity index is 591. The van der Waals surface area contributed by atoms with E-state index in [0.717, 1.165) is 17.7 Å². The van der Waals surface area contributed by atoms with E-state index in [1.54, 1.807) is 29.0 Å². The molecule has 0 fully saturated rings. The number of rotatable bonds is 5. The molecule has 2 aromatic rings. The Labute approximate surface area is 119 Å². The van der Waals surface area contributed by atoms with Crippen LogP contribution in [0.2, 0.25) is 0 Å². The minimum atomic E-state index is -0.0443. The Balaban J connectivity index is 2.29. The van der Waals surface area contributed by atoms with Gasteiger partial charge in [-0.15, -0.1) is 0 Å². The van der Waals surface area contributed by atoms with Crippen LogP contribution in [0.15, 0.2) is 36.7 Å². The van der Waals surface area contributed by atoms with E-state index in [9.17, 15) is 4.79 Å². The van der Waals surface area contributed by atoms with Crippen LogP contribution in [0, 0.1) is 6.92 Å². The first kappa shape index (κ1) is 14.3. The minimum absolute atomic E-state index is 0.0443. The Kier molecular flexibility index (Phi) is 4.53. The molecular weight excluding hydrogens is 252 g/mol. The molecule has 0 aliphatic carbocycles. The molecule has 1 aromatic heterocycles. The van der Waals surface area contributed by atoms with Crippen LogP contribution in [-0.2, 0) is 7.05 Å². The Morgan fingerprint density at radius 2 is 2.25 bits per heavy atom. The summed E-state index contributed by atoms with van der Waals surface area (Å²) < 4.78 is 1.63. The van der Waals surface area contributed by atoms with Crippen LogP contribution in [0.4, 0.5) is 5.69 Å². The Morgan fingerprint density at radius 3 is 2.85 bits per heavy atom. The number of benzene rings is 1. The van der Waals surface area contributed by atoms with Crippen molar-refractivity contribution in [3.8, 4) is 0 Å². The SMILES string of the molecule is Cc1cccc(N(CCCN)C(=O)c2cnn(C)c2)c1.